The van der Waals surface area contributed by atoms with Gasteiger partial charge >= 0.3 is 0 Å². The third-order valence-electron chi connectivity index (χ3n) is 6.69. The maximum Gasteiger partial charge on any atom is 0.293 e. The minimum atomic E-state index is -0.445. The van der Waals surface area contributed by atoms with E-state index in [1.165, 1.54) is 0 Å². The van der Waals surface area contributed by atoms with Gasteiger partial charge < -0.3 is 23.9 Å². The molecule has 0 aliphatic carbocycles. The van der Waals surface area contributed by atoms with E-state index < -0.39 is 5.91 Å². The number of carbonyl (C=O) groups excluding carboxylic acids is 1. The number of rotatable bonds is 5. The number of hydrogen-bond acceptors (Lipinski definition) is 8. The van der Waals surface area contributed by atoms with Crippen molar-refractivity contribution in [2.45, 2.75) is 0 Å². The highest BCUT2D eigenvalue weighted by Gasteiger charge is 2.26. The number of morpholine rings is 1. The Morgan fingerprint density at radius 3 is 2.36 bits per heavy atom. The Kier molecular flexibility index (Phi) is 8.22. The van der Waals surface area contributed by atoms with E-state index in [2.05, 4.69) is 10.2 Å². The molecule has 1 aromatic heterocycles. The number of thiocarbonyl (C=S) groups is 1. The molecule has 3 aromatic rings. The molecule has 0 radical (unpaired) electrons. The number of piperazine rings is 1. The molecule has 13 heteroatoms. The summed E-state index contributed by atoms with van der Waals surface area (Å²) in [5.41, 5.74) is 2.29. The number of nitro groups is 1. The van der Waals surface area contributed by atoms with Gasteiger partial charge in [-0.25, -0.2) is 0 Å². The zero-order valence-electron chi connectivity index (χ0n) is 20.8. The maximum atomic E-state index is 12.8. The number of ether oxygens (including phenoxy) is 1. The molecule has 5 rings (SSSR count). The van der Waals surface area contributed by atoms with Gasteiger partial charge in [-0.1, -0.05) is 23.2 Å². The lowest BCUT2D eigenvalue weighted by atomic mass is 10.1. The Bertz CT molecular complexity index is 1400. The second-order valence-electron chi connectivity index (χ2n) is 9.06. The smallest absolute Gasteiger partial charge is 0.293 e. The fraction of sp³-hybridized carbons (Fsp3) is 0.308. The first-order chi connectivity index (χ1) is 18.8. The second-order valence-corrected chi connectivity index (χ2v) is 10.3. The zero-order valence-corrected chi connectivity index (χ0v) is 23.1. The van der Waals surface area contributed by atoms with Crippen molar-refractivity contribution >= 4 is 63.5 Å². The van der Waals surface area contributed by atoms with Gasteiger partial charge in [0.05, 0.1) is 28.2 Å². The molecule has 3 heterocycles. The van der Waals surface area contributed by atoms with Crippen molar-refractivity contribution < 1.29 is 18.9 Å². The zero-order chi connectivity index (χ0) is 27.5. The molecule has 2 fully saturated rings. The molecule has 2 aromatic carbocycles. The van der Waals surface area contributed by atoms with Crippen LogP contribution in [0.25, 0.3) is 11.3 Å². The summed E-state index contributed by atoms with van der Waals surface area (Å²) >= 11 is 17.6. The van der Waals surface area contributed by atoms with Crippen LogP contribution in [-0.2, 0) is 4.74 Å². The lowest BCUT2D eigenvalue weighted by Gasteiger charge is -2.37. The second kappa shape index (κ2) is 11.8. The molecule has 0 atom stereocenters. The van der Waals surface area contributed by atoms with Gasteiger partial charge in [0.15, 0.2) is 10.9 Å². The van der Waals surface area contributed by atoms with Crippen molar-refractivity contribution in [3.63, 3.8) is 0 Å². The largest absolute Gasteiger partial charge is 0.451 e. The average molecular weight is 590 g/mol. The quantitative estimate of drug-likeness (QED) is 0.254. The number of benzene rings is 2. The van der Waals surface area contributed by atoms with Crippen LogP contribution in [-0.4, -0.2) is 73.3 Å². The topological polar surface area (TPSA) is 104 Å². The van der Waals surface area contributed by atoms with E-state index in [-0.39, 0.29) is 16.4 Å². The van der Waals surface area contributed by atoms with Crippen LogP contribution in [0.2, 0.25) is 10.0 Å². The van der Waals surface area contributed by atoms with Crippen LogP contribution in [0.1, 0.15) is 10.6 Å². The molecule has 0 saturated carbocycles. The highest BCUT2D eigenvalue weighted by atomic mass is 35.5. The van der Waals surface area contributed by atoms with Crippen LogP contribution < -0.4 is 15.1 Å². The Morgan fingerprint density at radius 2 is 1.67 bits per heavy atom. The van der Waals surface area contributed by atoms with E-state index in [0.29, 0.717) is 84.7 Å². The van der Waals surface area contributed by atoms with Gasteiger partial charge in [0.25, 0.3) is 11.6 Å². The predicted octanol–water partition coefficient (Wildman–Crippen LogP) is 4.84. The summed E-state index contributed by atoms with van der Waals surface area (Å²) in [5, 5.41) is 15.5. The molecular weight excluding hydrogens is 565 g/mol. The van der Waals surface area contributed by atoms with E-state index >= 15 is 0 Å². The van der Waals surface area contributed by atoms with Crippen LogP contribution >= 0.6 is 35.4 Å². The Morgan fingerprint density at radius 1 is 0.923 bits per heavy atom. The number of halogens is 2. The molecule has 0 unspecified atom stereocenters. The summed E-state index contributed by atoms with van der Waals surface area (Å²) in [6, 6.07) is 13.6. The summed E-state index contributed by atoms with van der Waals surface area (Å²) in [5.74, 6) is 0.163. The molecule has 0 bridgehead atoms. The molecule has 39 heavy (non-hydrogen) atoms. The summed E-state index contributed by atoms with van der Waals surface area (Å²) in [7, 11) is 0. The molecule has 2 aliphatic rings. The Labute approximate surface area is 240 Å². The van der Waals surface area contributed by atoms with Gasteiger partial charge in [0, 0.05) is 56.6 Å². The van der Waals surface area contributed by atoms with E-state index in [0.717, 1.165) is 5.69 Å². The number of carbonyl (C=O) groups is 1. The minimum Gasteiger partial charge on any atom is -0.451 e. The molecule has 2 saturated heterocycles. The van der Waals surface area contributed by atoms with E-state index in [1.54, 1.807) is 42.5 Å². The van der Waals surface area contributed by atoms with E-state index in [4.69, 9.17) is 44.6 Å². The molecule has 204 valence electrons. The fourth-order valence-electron chi connectivity index (χ4n) is 4.59. The summed E-state index contributed by atoms with van der Waals surface area (Å²) in [6.07, 6.45) is 0. The van der Waals surface area contributed by atoms with Gasteiger partial charge in [-0.15, -0.1) is 0 Å². The lowest BCUT2D eigenvalue weighted by Crippen LogP contribution is -2.52. The van der Waals surface area contributed by atoms with Crippen molar-refractivity contribution in [3.8, 4) is 11.3 Å². The fourth-order valence-corrected chi connectivity index (χ4v) is 5.16. The van der Waals surface area contributed by atoms with Crippen molar-refractivity contribution in [1.29, 1.82) is 0 Å². The van der Waals surface area contributed by atoms with Crippen LogP contribution in [0.3, 0.4) is 0 Å². The van der Waals surface area contributed by atoms with Crippen LogP contribution in [0.15, 0.2) is 52.9 Å². The summed E-state index contributed by atoms with van der Waals surface area (Å²) in [6.45, 7) is 4.73. The van der Waals surface area contributed by atoms with Gasteiger partial charge in [-0.05, 0) is 54.7 Å². The van der Waals surface area contributed by atoms with Crippen LogP contribution in [0.4, 0.5) is 17.1 Å². The normalized spacial score (nSPS) is 15.8. The minimum absolute atomic E-state index is 0.0865. The third kappa shape index (κ3) is 6.11. The number of nitrogens with one attached hydrogen (secondary N) is 1. The number of furan rings is 1. The standard InChI is InChI=1S/C26H25Cl2N5O5S/c27-19-3-1-17(15-20(19)28)23-5-6-24(38-23)25(34)29-26(39)32-9-7-30(8-10-32)18-2-4-21(33(35)36)22(16-18)31-11-13-37-14-12-31/h1-6,15-16H,7-14H2,(H,29,34,39). The van der Waals surface area contributed by atoms with E-state index in [1.807, 2.05) is 15.9 Å². The van der Waals surface area contributed by atoms with Crippen molar-refractivity contribution in [3.05, 3.63) is 74.5 Å². The number of amides is 1. The first-order valence-electron chi connectivity index (χ1n) is 12.3. The van der Waals surface area contributed by atoms with Gasteiger partial charge in [-0.2, -0.15) is 0 Å². The Balaban J connectivity index is 1.19. The molecule has 0 spiro atoms. The summed E-state index contributed by atoms with van der Waals surface area (Å²) < 4.78 is 11.1. The molecule has 1 amide bonds. The van der Waals surface area contributed by atoms with Gasteiger partial charge in [0.1, 0.15) is 11.4 Å². The van der Waals surface area contributed by atoms with Gasteiger partial charge in [0.2, 0.25) is 0 Å². The van der Waals surface area contributed by atoms with Crippen LogP contribution in [0, 0.1) is 10.1 Å². The molecule has 10 nitrogen and oxygen atoms in total. The average Bonchev–Trinajstić information content (AvgIpc) is 3.45. The van der Waals surface area contributed by atoms with Crippen molar-refractivity contribution in [1.82, 2.24) is 10.2 Å². The molecule has 1 N–H and O–H groups in total. The maximum absolute atomic E-state index is 12.8. The van der Waals surface area contributed by atoms with E-state index in [9.17, 15) is 14.9 Å². The third-order valence-corrected chi connectivity index (χ3v) is 7.79. The van der Waals surface area contributed by atoms with Crippen molar-refractivity contribution in [2.24, 2.45) is 0 Å². The number of nitro benzene ring substituents is 1. The predicted molar refractivity (Wildman–Crippen MR) is 154 cm³/mol. The van der Waals surface area contributed by atoms with Crippen molar-refractivity contribution in [2.75, 3.05) is 62.3 Å². The Hall–Kier alpha value is -3.38. The molecular formula is C26H25Cl2N5O5S. The number of nitrogens with zero attached hydrogens (tertiary/aromatic N) is 4. The summed E-state index contributed by atoms with van der Waals surface area (Å²) in [4.78, 5) is 30.1. The highest BCUT2D eigenvalue weighted by molar-refractivity contribution is 7.80. The highest BCUT2D eigenvalue weighted by Crippen LogP contribution is 2.34. The number of hydrogen-bond donors (Lipinski definition) is 1. The van der Waals surface area contributed by atoms with Gasteiger partial charge in [-0.3, -0.25) is 20.2 Å². The van der Waals surface area contributed by atoms with Crippen LogP contribution in [0.5, 0.6) is 0 Å². The first-order valence-corrected chi connectivity index (χ1v) is 13.5. The molecule has 2 aliphatic heterocycles. The number of anilines is 2. The first kappa shape index (κ1) is 27.2. The SMILES string of the molecule is O=C(NC(=S)N1CCN(c2ccc([N+](=O)[O-])c(N3CCOCC3)c2)CC1)c1ccc(-c2ccc(Cl)c(Cl)c2)o1. The lowest BCUT2D eigenvalue weighted by molar-refractivity contribution is -0.384. The monoisotopic (exact) mass is 589 g/mol.